The van der Waals surface area contributed by atoms with Crippen molar-refractivity contribution in [3.63, 3.8) is 0 Å². The van der Waals surface area contributed by atoms with Crippen molar-refractivity contribution in [2.75, 3.05) is 19.8 Å². The average Bonchev–Trinajstić information content (AvgIpc) is 2.89. The Balaban J connectivity index is 1.85. The van der Waals surface area contributed by atoms with Gasteiger partial charge in [0.1, 0.15) is 6.04 Å². The van der Waals surface area contributed by atoms with Crippen LogP contribution in [0.1, 0.15) is 42.5 Å². The van der Waals surface area contributed by atoms with Crippen LogP contribution < -0.4 is 5.32 Å². The second kappa shape index (κ2) is 14.3. The van der Waals surface area contributed by atoms with Crippen LogP contribution in [-0.4, -0.2) is 36.5 Å². The van der Waals surface area contributed by atoms with Gasteiger partial charge in [0.05, 0.1) is 0 Å². The number of hydrogen-bond donors (Lipinski definition) is 1. The maximum atomic E-state index is 13.6. The third-order valence-electron chi connectivity index (χ3n) is 5.70. The fraction of sp³-hybridized carbons (Fsp3) is 0.310. The molecule has 1 unspecified atom stereocenters. The summed E-state index contributed by atoms with van der Waals surface area (Å²) >= 11 is 6.08. The van der Waals surface area contributed by atoms with Crippen LogP contribution in [0.2, 0.25) is 5.02 Å². The Morgan fingerprint density at radius 3 is 2.23 bits per heavy atom. The van der Waals surface area contributed by atoms with Gasteiger partial charge in [-0.2, -0.15) is 0 Å². The Bertz CT molecular complexity index is 1040. The SMILES string of the molecule is CCOCCCNC(=O)C(c1ccccc1)N(Cc1ccc(Cl)cc1)C(=O)CCc1ccccc1. The second-order valence-corrected chi connectivity index (χ2v) is 8.72. The van der Waals surface area contributed by atoms with Crippen LogP contribution in [0.5, 0.6) is 0 Å². The first-order valence-corrected chi connectivity index (χ1v) is 12.4. The number of amides is 2. The lowest BCUT2D eigenvalue weighted by atomic mass is 10.0. The molecule has 0 aromatic heterocycles. The van der Waals surface area contributed by atoms with Crippen LogP contribution in [-0.2, 0) is 27.3 Å². The number of nitrogens with one attached hydrogen (secondary N) is 1. The summed E-state index contributed by atoms with van der Waals surface area (Å²) in [7, 11) is 0. The number of ether oxygens (including phenoxy) is 1. The zero-order chi connectivity index (χ0) is 24.9. The van der Waals surface area contributed by atoms with Crippen molar-refractivity contribution < 1.29 is 14.3 Å². The van der Waals surface area contributed by atoms with Crippen molar-refractivity contribution in [1.29, 1.82) is 0 Å². The highest BCUT2D eigenvalue weighted by molar-refractivity contribution is 6.30. The summed E-state index contributed by atoms with van der Waals surface area (Å²) in [6, 6.07) is 26.0. The molecule has 3 aromatic rings. The minimum Gasteiger partial charge on any atom is -0.382 e. The number of hydrogen-bond acceptors (Lipinski definition) is 3. The Hall–Kier alpha value is -3.15. The van der Waals surface area contributed by atoms with Gasteiger partial charge in [-0.1, -0.05) is 84.4 Å². The number of aryl methyl sites for hydroxylation is 1. The Morgan fingerprint density at radius 1 is 0.914 bits per heavy atom. The maximum absolute atomic E-state index is 13.6. The normalized spacial score (nSPS) is 11.6. The van der Waals surface area contributed by atoms with Gasteiger partial charge in [-0.3, -0.25) is 9.59 Å². The maximum Gasteiger partial charge on any atom is 0.247 e. The molecule has 2 amide bonds. The lowest BCUT2D eigenvalue weighted by molar-refractivity contribution is -0.141. The number of carbonyl (C=O) groups is 2. The van der Waals surface area contributed by atoms with Crippen molar-refractivity contribution in [3.05, 3.63) is 107 Å². The van der Waals surface area contributed by atoms with Crippen LogP contribution in [0.4, 0.5) is 0 Å². The van der Waals surface area contributed by atoms with Crippen molar-refractivity contribution in [1.82, 2.24) is 10.2 Å². The molecule has 0 radical (unpaired) electrons. The second-order valence-electron chi connectivity index (χ2n) is 8.29. The summed E-state index contributed by atoms with van der Waals surface area (Å²) in [5, 5.41) is 3.64. The summed E-state index contributed by atoms with van der Waals surface area (Å²) < 4.78 is 5.38. The Labute approximate surface area is 213 Å². The molecular formula is C29H33ClN2O3. The molecule has 1 atom stereocenters. The van der Waals surface area contributed by atoms with Crippen molar-refractivity contribution in [2.24, 2.45) is 0 Å². The molecule has 0 heterocycles. The molecule has 1 N–H and O–H groups in total. The minimum absolute atomic E-state index is 0.0814. The van der Waals surface area contributed by atoms with Crippen LogP contribution in [0.25, 0.3) is 0 Å². The van der Waals surface area contributed by atoms with E-state index in [9.17, 15) is 9.59 Å². The number of carbonyl (C=O) groups excluding carboxylic acids is 2. The summed E-state index contributed by atoms with van der Waals surface area (Å²) in [6.07, 6.45) is 1.62. The first kappa shape index (κ1) is 26.5. The molecule has 0 bridgehead atoms. The molecule has 0 saturated heterocycles. The summed E-state index contributed by atoms with van der Waals surface area (Å²) in [5.74, 6) is -0.281. The molecule has 3 aromatic carbocycles. The highest BCUT2D eigenvalue weighted by Crippen LogP contribution is 2.25. The minimum atomic E-state index is -0.748. The topological polar surface area (TPSA) is 58.6 Å². The van der Waals surface area contributed by atoms with Crippen molar-refractivity contribution in [3.8, 4) is 0 Å². The number of halogens is 1. The van der Waals surface area contributed by atoms with Crippen LogP contribution >= 0.6 is 11.6 Å². The van der Waals surface area contributed by atoms with Crippen molar-refractivity contribution >= 4 is 23.4 Å². The lowest BCUT2D eigenvalue weighted by Crippen LogP contribution is -2.43. The first-order valence-electron chi connectivity index (χ1n) is 12.1. The van der Waals surface area contributed by atoms with E-state index in [1.165, 1.54) is 0 Å². The molecular weight excluding hydrogens is 460 g/mol. The van der Waals surface area contributed by atoms with Crippen LogP contribution in [0.15, 0.2) is 84.9 Å². The van der Waals surface area contributed by atoms with E-state index in [2.05, 4.69) is 5.32 Å². The van der Waals surface area contributed by atoms with Gasteiger partial charge in [-0.15, -0.1) is 0 Å². The fourth-order valence-corrected chi connectivity index (χ4v) is 4.01. The van der Waals surface area contributed by atoms with Gasteiger partial charge in [0.25, 0.3) is 0 Å². The average molecular weight is 493 g/mol. The van der Waals surface area contributed by atoms with Crippen LogP contribution in [0, 0.1) is 0 Å². The molecule has 35 heavy (non-hydrogen) atoms. The quantitative estimate of drug-likeness (QED) is 0.317. The highest BCUT2D eigenvalue weighted by atomic mass is 35.5. The van der Waals surface area contributed by atoms with Gasteiger partial charge in [0, 0.05) is 37.7 Å². The van der Waals surface area contributed by atoms with Gasteiger partial charge in [0.15, 0.2) is 0 Å². The third kappa shape index (κ3) is 8.53. The molecule has 0 aliphatic rings. The zero-order valence-corrected chi connectivity index (χ0v) is 20.9. The third-order valence-corrected chi connectivity index (χ3v) is 5.95. The monoisotopic (exact) mass is 492 g/mol. The number of benzene rings is 3. The van der Waals surface area contributed by atoms with Gasteiger partial charge >= 0.3 is 0 Å². The van der Waals surface area contributed by atoms with Crippen LogP contribution in [0.3, 0.4) is 0 Å². The van der Waals surface area contributed by atoms with Crippen molar-refractivity contribution in [2.45, 2.75) is 38.8 Å². The lowest BCUT2D eigenvalue weighted by Gasteiger charge is -2.32. The predicted molar refractivity (Wildman–Crippen MR) is 140 cm³/mol. The standard InChI is InChI=1S/C29H33ClN2O3/c1-2-35-21-9-20-31-29(34)28(25-12-7-4-8-13-25)32(22-24-14-17-26(30)18-15-24)27(33)19-16-23-10-5-3-6-11-23/h3-8,10-15,17-18,28H,2,9,16,19-22H2,1H3,(H,31,34). The zero-order valence-electron chi connectivity index (χ0n) is 20.2. The summed E-state index contributed by atoms with van der Waals surface area (Å²) in [4.78, 5) is 28.8. The smallest absolute Gasteiger partial charge is 0.247 e. The molecule has 184 valence electrons. The largest absolute Gasteiger partial charge is 0.382 e. The van der Waals surface area contributed by atoms with Gasteiger partial charge in [-0.25, -0.2) is 0 Å². The molecule has 5 nitrogen and oxygen atoms in total. The van der Waals surface area contributed by atoms with E-state index in [1.54, 1.807) is 17.0 Å². The summed E-state index contributed by atoms with van der Waals surface area (Å²) in [5.41, 5.74) is 2.77. The van der Waals surface area contributed by atoms with E-state index in [0.717, 1.165) is 16.7 Å². The molecule has 0 spiro atoms. The van der Waals surface area contributed by atoms with Gasteiger partial charge in [-0.05, 0) is 48.6 Å². The van der Waals surface area contributed by atoms with E-state index in [0.29, 0.717) is 50.6 Å². The van der Waals surface area contributed by atoms with E-state index in [1.807, 2.05) is 79.7 Å². The molecule has 0 fully saturated rings. The Kier molecular flexibility index (Phi) is 10.8. The van der Waals surface area contributed by atoms with Gasteiger partial charge < -0.3 is 15.0 Å². The Morgan fingerprint density at radius 2 is 1.57 bits per heavy atom. The first-order chi connectivity index (χ1) is 17.1. The highest BCUT2D eigenvalue weighted by Gasteiger charge is 2.31. The van der Waals surface area contributed by atoms with Gasteiger partial charge in [0.2, 0.25) is 11.8 Å². The molecule has 0 saturated carbocycles. The predicted octanol–water partition coefficient (Wildman–Crippen LogP) is 5.59. The summed E-state index contributed by atoms with van der Waals surface area (Å²) in [6.45, 7) is 3.95. The number of rotatable bonds is 13. The van der Waals surface area contributed by atoms with E-state index in [-0.39, 0.29) is 11.8 Å². The molecule has 0 aliphatic carbocycles. The fourth-order valence-electron chi connectivity index (χ4n) is 3.88. The molecule has 3 rings (SSSR count). The van der Waals surface area contributed by atoms with E-state index in [4.69, 9.17) is 16.3 Å². The van der Waals surface area contributed by atoms with E-state index >= 15 is 0 Å². The van der Waals surface area contributed by atoms with E-state index < -0.39 is 6.04 Å². The molecule has 0 aliphatic heterocycles. The number of nitrogens with zero attached hydrogens (tertiary/aromatic N) is 1. The molecule has 6 heteroatoms.